The van der Waals surface area contributed by atoms with E-state index in [-0.39, 0.29) is 5.60 Å². The van der Waals surface area contributed by atoms with Gasteiger partial charge in [0.15, 0.2) is 5.60 Å². The Morgan fingerprint density at radius 3 is 2.94 bits per heavy atom. The van der Waals surface area contributed by atoms with Crippen LogP contribution in [0.15, 0.2) is 29.4 Å². The summed E-state index contributed by atoms with van der Waals surface area (Å²) in [6.45, 7) is 4.34. The second-order valence-electron chi connectivity index (χ2n) is 5.08. The third-order valence-electron chi connectivity index (χ3n) is 4.00. The summed E-state index contributed by atoms with van der Waals surface area (Å²) in [5, 5.41) is 4.18. The zero-order valence-corrected chi connectivity index (χ0v) is 9.86. The molecule has 16 heavy (non-hydrogen) atoms. The molecule has 84 valence electrons. The molecule has 1 heterocycles. The fourth-order valence-electron chi connectivity index (χ4n) is 3.03. The maximum Gasteiger partial charge on any atom is 0.170 e. The molecule has 0 fully saturated rings. The molecule has 1 aliphatic heterocycles. The van der Waals surface area contributed by atoms with E-state index in [1.807, 2.05) is 0 Å². The van der Waals surface area contributed by atoms with Gasteiger partial charge in [-0.15, -0.1) is 0 Å². The summed E-state index contributed by atoms with van der Waals surface area (Å²) in [6.07, 6.45) is 3.31. The number of rotatable bonds is 0. The molecular formula is C14H17NO. The summed E-state index contributed by atoms with van der Waals surface area (Å²) in [5.41, 5.74) is 3.74. The lowest BCUT2D eigenvalue weighted by Gasteiger charge is -2.38. The molecule has 2 nitrogen and oxygen atoms in total. The van der Waals surface area contributed by atoms with Crippen molar-refractivity contribution >= 4 is 5.71 Å². The van der Waals surface area contributed by atoms with Crippen molar-refractivity contribution in [3.63, 3.8) is 0 Å². The van der Waals surface area contributed by atoms with Crippen LogP contribution < -0.4 is 0 Å². The van der Waals surface area contributed by atoms with E-state index in [1.54, 1.807) is 0 Å². The van der Waals surface area contributed by atoms with Crippen LogP contribution in [-0.2, 0) is 16.9 Å². The highest BCUT2D eigenvalue weighted by atomic mass is 16.7. The van der Waals surface area contributed by atoms with Crippen LogP contribution in [0.5, 0.6) is 0 Å². The van der Waals surface area contributed by atoms with Crippen LogP contribution in [0.2, 0.25) is 0 Å². The van der Waals surface area contributed by atoms with Crippen LogP contribution in [0.25, 0.3) is 0 Å². The molecule has 1 aromatic carbocycles. The van der Waals surface area contributed by atoms with E-state index in [2.05, 4.69) is 43.3 Å². The van der Waals surface area contributed by atoms with Crippen molar-refractivity contribution in [3.05, 3.63) is 35.4 Å². The summed E-state index contributed by atoms with van der Waals surface area (Å²) in [4.78, 5) is 5.82. The molecule has 0 saturated heterocycles. The van der Waals surface area contributed by atoms with E-state index >= 15 is 0 Å². The monoisotopic (exact) mass is 215 g/mol. The summed E-state index contributed by atoms with van der Waals surface area (Å²) in [7, 11) is 0. The molecule has 1 spiro atoms. The molecule has 0 saturated carbocycles. The fourth-order valence-corrected chi connectivity index (χ4v) is 3.03. The van der Waals surface area contributed by atoms with Gasteiger partial charge in [-0.1, -0.05) is 36.3 Å². The number of fused-ring (bicyclic) bond motifs is 2. The van der Waals surface area contributed by atoms with Gasteiger partial charge in [0.2, 0.25) is 0 Å². The van der Waals surface area contributed by atoms with Crippen molar-refractivity contribution in [2.75, 3.05) is 0 Å². The molecule has 0 radical (unpaired) electrons. The number of nitrogens with zero attached hydrogens (tertiary/aromatic N) is 1. The Morgan fingerprint density at radius 1 is 1.38 bits per heavy atom. The third kappa shape index (κ3) is 1.22. The molecule has 3 rings (SSSR count). The minimum Gasteiger partial charge on any atom is -0.384 e. The van der Waals surface area contributed by atoms with Gasteiger partial charge in [0.1, 0.15) is 0 Å². The molecular weight excluding hydrogens is 198 g/mol. The van der Waals surface area contributed by atoms with Gasteiger partial charge >= 0.3 is 0 Å². The molecule has 2 atom stereocenters. The minimum atomic E-state index is -0.168. The quantitative estimate of drug-likeness (QED) is 0.651. The van der Waals surface area contributed by atoms with Gasteiger partial charge in [0.05, 0.1) is 5.71 Å². The highest BCUT2D eigenvalue weighted by Crippen LogP contribution is 2.47. The van der Waals surface area contributed by atoms with Crippen LogP contribution in [0.3, 0.4) is 0 Å². The van der Waals surface area contributed by atoms with Gasteiger partial charge in [0, 0.05) is 17.9 Å². The van der Waals surface area contributed by atoms with Crippen molar-refractivity contribution in [1.82, 2.24) is 0 Å². The second kappa shape index (κ2) is 3.34. The zero-order valence-electron chi connectivity index (χ0n) is 9.86. The summed E-state index contributed by atoms with van der Waals surface area (Å²) >= 11 is 0. The van der Waals surface area contributed by atoms with Crippen molar-refractivity contribution in [1.29, 1.82) is 0 Å². The Balaban J connectivity index is 2.11. The van der Waals surface area contributed by atoms with E-state index in [1.165, 1.54) is 24.0 Å². The smallest absolute Gasteiger partial charge is 0.170 e. The Bertz CT molecular complexity index is 452. The van der Waals surface area contributed by atoms with Crippen LogP contribution in [0.1, 0.15) is 37.8 Å². The van der Waals surface area contributed by atoms with Crippen molar-refractivity contribution in [3.8, 4) is 0 Å². The van der Waals surface area contributed by atoms with Gasteiger partial charge in [-0.25, -0.2) is 0 Å². The first kappa shape index (κ1) is 9.88. The maximum absolute atomic E-state index is 5.82. The molecule has 2 aliphatic rings. The van der Waals surface area contributed by atoms with Crippen LogP contribution in [0.4, 0.5) is 0 Å². The Labute approximate surface area is 96.3 Å². The topological polar surface area (TPSA) is 21.6 Å². The van der Waals surface area contributed by atoms with Gasteiger partial charge < -0.3 is 4.84 Å². The molecule has 1 aromatic rings. The summed E-state index contributed by atoms with van der Waals surface area (Å²) < 4.78 is 0. The van der Waals surface area contributed by atoms with E-state index in [9.17, 15) is 0 Å². The van der Waals surface area contributed by atoms with Crippen molar-refractivity contribution < 1.29 is 4.84 Å². The predicted octanol–water partition coefficient (Wildman–Crippen LogP) is 3.26. The predicted molar refractivity (Wildman–Crippen MR) is 64.4 cm³/mol. The average Bonchev–Trinajstić information content (AvgIpc) is 2.68. The molecule has 0 N–H and O–H groups in total. The molecule has 2 heteroatoms. The van der Waals surface area contributed by atoms with Gasteiger partial charge in [-0.2, -0.15) is 0 Å². The van der Waals surface area contributed by atoms with Crippen molar-refractivity contribution in [2.45, 2.75) is 38.7 Å². The highest BCUT2D eigenvalue weighted by molar-refractivity contribution is 5.84. The maximum atomic E-state index is 5.82. The van der Waals surface area contributed by atoms with Crippen molar-refractivity contribution in [2.24, 2.45) is 11.1 Å². The molecule has 1 unspecified atom stereocenters. The van der Waals surface area contributed by atoms with Gasteiger partial charge in [0.25, 0.3) is 0 Å². The second-order valence-corrected chi connectivity index (χ2v) is 5.08. The number of aryl methyl sites for hydroxylation is 1. The zero-order chi connectivity index (χ0) is 11.2. The van der Waals surface area contributed by atoms with Gasteiger partial charge in [-0.3, -0.25) is 0 Å². The lowest BCUT2D eigenvalue weighted by atomic mass is 9.70. The Hall–Kier alpha value is -1.31. The van der Waals surface area contributed by atoms with Crippen LogP contribution >= 0.6 is 0 Å². The lowest BCUT2D eigenvalue weighted by molar-refractivity contribution is -0.0726. The Kier molecular flexibility index (Phi) is 2.06. The summed E-state index contributed by atoms with van der Waals surface area (Å²) in [5.74, 6) is 0.545. The average molecular weight is 215 g/mol. The fraction of sp³-hybridized carbons (Fsp3) is 0.500. The first-order chi connectivity index (χ1) is 7.72. The first-order valence-electron chi connectivity index (χ1n) is 6.02. The largest absolute Gasteiger partial charge is 0.384 e. The SMILES string of the molecule is CC1=NO[C@]2(C1)c1ccccc1CCC2C. The number of benzene rings is 1. The first-order valence-corrected chi connectivity index (χ1v) is 6.02. The van der Waals surface area contributed by atoms with E-state index in [4.69, 9.17) is 4.84 Å². The number of oxime groups is 1. The summed E-state index contributed by atoms with van der Waals surface area (Å²) in [6, 6.07) is 8.65. The molecule has 0 aromatic heterocycles. The molecule has 0 bridgehead atoms. The molecule has 0 amide bonds. The third-order valence-corrected chi connectivity index (χ3v) is 4.00. The minimum absolute atomic E-state index is 0.168. The van der Waals surface area contributed by atoms with Crippen LogP contribution in [0, 0.1) is 5.92 Å². The van der Waals surface area contributed by atoms with Crippen LogP contribution in [-0.4, -0.2) is 5.71 Å². The van der Waals surface area contributed by atoms with E-state index in [0.29, 0.717) is 5.92 Å². The lowest BCUT2D eigenvalue weighted by Crippen LogP contribution is -2.38. The Morgan fingerprint density at radius 2 is 2.19 bits per heavy atom. The number of hydrogen-bond acceptors (Lipinski definition) is 2. The normalized spacial score (nSPS) is 32.1. The highest BCUT2D eigenvalue weighted by Gasteiger charge is 2.47. The van der Waals surface area contributed by atoms with E-state index < -0.39 is 0 Å². The standard InChI is InChI=1S/C14H17NO/c1-10-7-8-12-5-3-4-6-13(12)14(10)9-11(2)15-16-14/h3-6,10H,7-9H2,1-2H3/t10?,14-/m0/s1. The van der Waals surface area contributed by atoms with Gasteiger partial charge in [-0.05, 0) is 25.3 Å². The molecule has 1 aliphatic carbocycles. The van der Waals surface area contributed by atoms with E-state index in [0.717, 1.165) is 12.1 Å². The number of hydrogen-bond donors (Lipinski definition) is 0.